The number of benzene rings is 1. The van der Waals surface area contributed by atoms with Crippen LogP contribution in [0.15, 0.2) is 36.7 Å². The van der Waals surface area contributed by atoms with E-state index in [4.69, 9.17) is 4.74 Å². The number of carbonyl (C=O) groups excluding carboxylic acids is 1. The van der Waals surface area contributed by atoms with Gasteiger partial charge in [-0.2, -0.15) is 0 Å². The molecule has 1 heterocycles. The Morgan fingerprint density at radius 3 is 2.88 bits per heavy atom. The third-order valence-electron chi connectivity index (χ3n) is 4.34. The highest BCUT2D eigenvalue weighted by Gasteiger charge is 2.31. The lowest BCUT2D eigenvalue weighted by molar-refractivity contribution is -0.122. The largest absolute Gasteiger partial charge is 0.496 e. The van der Waals surface area contributed by atoms with Crippen LogP contribution >= 0.6 is 0 Å². The summed E-state index contributed by atoms with van der Waals surface area (Å²) in [6.45, 7) is 1.58. The van der Waals surface area contributed by atoms with Gasteiger partial charge in [0.15, 0.2) is 0 Å². The quantitative estimate of drug-likeness (QED) is 0.801. The van der Waals surface area contributed by atoms with E-state index < -0.39 is 0 Å². The molecule has 2 aromatic rings. The molecule has 0 atom stereocenters. The fourth-order valence-corrected chi connectivity index (χ4v) is 2.77. The van der Waals surface area contributed by atoms with Gasteiger partial charge in [0.1, 0.15) is 11.6 Å². The molecule has 0 saturated heterocycles. The lowest BCUT2D eigenvalue weighted by atomic mass is 10.2. The maximum Gasteiger partial charge on any atom is 0.234 e. The van der Waals surface area contributed by atoms with E-state index in [1.54, 1.807) is 13.3 Å². The van der Waals surface area contributed by atoms with Gasteiger partial charge in [0, 0.05) is 37.6 Å². The average molecular weight is 328 g/mol. The van der Waals surface area contributed by atoms with Crippen LogP contribution < -0.4 is 10.1 Å². The van der Waals surface area contributed by atoms with E-state index in [0.29, 0.717) is 25.7 Å². The highest BCUT2D eigenvalue weighted by molar-refractivity contribution is 5.78. The minimum Gasteiger partial charge on any atom is -0.496 e. The highest BCUT2D eigenvalue weighted by Crippen LogP contribution is 2.27. The zero-order valence-corrected chi connectivity index (χ0v) is 14.2. The van der Waals surface area contributed by atoms with Crippen molar-refractivity contribution in [1.82, 2.24) is 19.8 Å². The summed E-state index contributed by atoms with van der Waals surface area (Å²) in [7, 11) is 3.62. The molecule has 0 bridgehead atoms. The molecule has 6 heteroatoms. The summed E-state index contributed by atoms with van der Waals surface area (Å²) >= 11 is 0. The van der Waals surface area contributed by atoms with Crippen molar-refractivity contribution in [2.75, 3.05) is 13.7 Å². The minimum atomic E-state index is 0.0296. The van der Waals surface area contributed by atoms with Gasteiger partial charge in [-0.15, -0.1) is 0 Å². The number of carbonyl (C=O) groups is 1. The van der Waals surface area contributed by atoms with Crippen LogP contribution in [0, 0.1) is 0 Å². The Bertz CT molecular complexity index is 694. The van der Waals surface area contributed by atoms with Crippen LogP contribution in [0.1, 0.15) is 24.2 Å². The van der Waals surface area contributed by atoms with Crippen molar-refractivity contribution >= 4 is 5.91 Å². The standard InChI is InChI=1S/C18H24N4O2/c1-21-10-9-19-17(21)12-22(15-7-8-15)13-18(23)20-11-14-5-3-4-6-16(14)24-2/h3-6,9-10,15H,7-8,11-13H2,1-2H3,(H,20,23). The second-order valence-corrected chi connectivity index (χ2v) is 6.18. The Kier molecular flexibility index (Phi) is 5.15. The molecule has 0 unspecified atom stereocenters. The summed E-state index contributed by atoms with van der Waals surface area (Å²) in [5.74, 6) is 1.81. The summed E-state index contributed by atoms with van der Waals surface area (Å²) < 4.78 is 7.32. The predicted molar refractivity (Wildman–Crippen MR) is 91.5 cm³/mol. The Labute approximate surface area is 142 Å². The van der Waals surface area contributed by atoms with Crippen LogP contribution in [0.3, 0.4) is 0 Å². The van der Waals surface area contributed by atoms with Crippen molar-refractivity contribution in [2.24, 2.45) is 7.05 Å². The van der Waals surface area contributed by atoms with Gasteiger partial charge in [0.25, 0.3) is 0 Å². The third-order valence-corrected chi connectivity index (χ3v) is 4.34. The second kappa shape index (κ2) is 7.49. The molecular weight excluding hydrogens is 304 g/mol. The number of rotatable bonds is 8. The van der Waals surface area contributed by atoms with E-state index in [9.17, 15) is 4.79 Å². The van der Waals surface area contributed by atoms with Crippen LogP contribution in [0.4, 0.5) is 0 Å². The van der Waals surface area contributed by atoms with Crippen LogP contribution in [-0.4, -0.2) is 40.1 Å². The van der Waals surface area contributed by atoms with Crippen LogP contribution in [0.25, 0.3) is 0 Å². The van der Waals surface area contributed by atoms with Gasteiger partial charge in [-0.3, -0.25) is 9.69 Å². The zero-order valence-electron chi connectivity index (χ0n) is 14.2. The molecule has 0 radical (unpaired) electrons. The van der Waals surface area contributed by atoms with Gasteiger partial charge in [-0.1, -0.05) is 18.2 Å². The number of nitrogens with zero attached hydrogens (tertiary/aromatic N) is 3. The zero-order chi connectivity index (χ0) is 16.9. The molecule has 1 aromatic carbocycles. The maximum absolute atomic E-state index is 12.4. The number of amides is 1. The number of aromatic nitrogens is 2. The summed E-state index contributed by atoms with van der Waals surface area (Å²) in [6.07, 6.45) is 6.04. The van der Waals surface area contributed by atoms with Gasteiger partial charge in [0.05, 0.1) is 20.2 Å². The molecule has 128 valence electrons. The van der Waals surface area contributed by atoms with Crippen LogP contribution in [0.2, 0.25) is 0 Å². The van der Waals surface area contributed by atoms with Gasteiger partial charge in [0.2, 0.25) is 5.91 Å². The molecule has 1 aliphatic carbocycles. The van der Waals surface area contributed by atoms with Crippen LogP contribution in [-0.2, 0) is 24.9 Å². The van der Waals surface area contributed by atoms with E-state index >= 15 is 0 Å². The number of hydrogen-bond donors (Lipinski definition) is 1. The fraction of sp³-hybridized carbons (Fsp3) is 0.444. The average Bonchev–Trinajstić information content (AvgIpc) is 3.36. The first-order valence-electron chi connectivity index (χ1n) is 8.26. The predicted octanol–water partition coefficient (Wildman–Crippen LogP) is 1.71. The molecule has 24 heavy (non-hydrogen) atoms. The first-order valence-corrected chi connectivity index (χ1v) is 8.26. The number of ether oxygens (including phenoxy) is 1. The summed E-state index contributed by atoms with van der Waals surface area (Å²) in [5.41, 5.74) is 0.982. The van der Waals surface area contributed by atoms with E-state index in [1.807, 2.05) is 42.1 Å². The highest BCUT2D eigenvalue weighted by atomic mass is 16.5. The summed E-state index contributed by atoms with van der Waals surface area (Å²) in [5, 5.41) is 2.99. The van der Waals surface area contributed by atoms with Gasteiger partial charge >= 0.3 is 0 Å². The van der Waals surface area contributed by atoms with Crippen molar-refractivity contribution in [3.63, 3.8) is 0 Å². The van der Waals surface area contributed by atoms with Crippen molar-refractivity contribution < 1.29 is 9.53 Å². The van der Waals surface area contributed by atoms with Crippen molar-refractivity contribution in [3.05, 3.63) is 48.0 Å². The monoisotopic (exact) mass is 328 g/mol. The van der Waals surface area contributed by atoms with E-state index in [1.165, 1.54) is 0 Å². The lowest BCUT2D eigenvalue weighted by Crippen LogP contribution is -2.38. The third kappa shape index (κ3) is 4.14. The maximum atomic E-state index is 12.4. The molecule has 0 aliphatic heterocycles. The van der Waals surface area contributed by atoms with Gasteiger partial charge in [-0.05, 0) is 18.9 Å². The molecule has 0 spiro atoms. The molecule has 1 N–H and O–H groups in total. The normalized spacial score (nSPS) is 14.0. The molecular formula is C18H24N4O2. The topological polar surface area (TPSA) is 59.4 Å². The Balaban J connectivity index is 1.55. The van der Waals surface area contributed by atoms with Gasteiger partial charge in [-0.25, -0.2) is 4.98 Å². The molecule has 1 aliphatic rings. The number of nitrogens with one attached hydrogen (secondary N) is 1. The molecule has 1 aromatic heterocycles. The smallest absolute Gasteiger partial charge is 0.234 e. The van der Waals surface area contributed by atoms with E-state index in [2.05, 4.69) is 15.2 Å². The Morgan fingerprint density at radius 2 is 2.21 bits per heavy atom. The van der Waals surface area contributed by atoms with E-state index in [-0.39, 0.29) is 5.91 Å². The summed E-state index contributed by atoms with van der Waals surface area (Å²) in [6, 6.07) is 8.23. The molecule has 1 saturated carbocycles. The fourth-order valence-electron chi connectivity index (χ4n) is 2.77. The van der Waals surface area contributed by atoms with E-state index in [0.717, 1.165) is 30.0 Å². The Hall–Kier alpha value is -2.34. The van der Waals surface area contributed by atoms with Crippen LogP contribution in [0.5, 0.6) is 5.75 Å². The number of imidazole rings is 1. The first-order chi connectivity index (χ1) is 11.7. The first kappa shape index (κ1) is 16.5. The Morgan fingerprint density at radius 1 is 1.42 bits per heavy atom. The van der Waals surface area contributed by atoms with Crippen molar-refractivity contribution in [2.45, 2.75) is 32.0 Å². The molecule has 1 amide bonds. The number of methoxy groups -OCH3 is 1. The van der Waals surface area contributed by atoms with Gasteiger partial charge < -0.3 is 14.6 Å². The molecule has 6 nitrogen and oxygen atoms in total. The SMILES string of the molecule is COc1ccccc1CNC(=O)CN(Cc1nccn1C)C1CC1. The number of hydrogen-bond acceptors (Lipinski definition) is 4. The van der Waals surface area contributed by atoms with Crippen molar-refractivity contribution in [1.29, 1.82) is 0 Å². The summed E-state index contributed by atoms with van der Waals surface area (Å²) in [4.78, 5) is 18.9. The second-order valence-electron chi connectivity index (χ2n) is 6.18. The van der Waals surface area contributed by atoms with Crippen molar-refractivity contribution in [3.8, 4) is 5.75 Å². The molecule has 1 fully saturated rings. The number of para-hydroxylation sites is 1. The molecule has 3 rings (SSSR count). The minimum absolute atomic E-state index is 0.0296. The number of aryl methyl sites for hydroxylation is 1. The lowest BCUT2D eigenvalue weighted by Gasteiger charge is -2.21.